The van der Waals surface area contributed by atoms with Gasteiger partial charge in [-0.05, 0) is 24.3 Å². The Hall–Kier alpha value is -3.75. The molecule has 2 aromatic carbocycles. The fourth-order valence-electron chi connectivity index (χ4n) is 3.16. The summed E-state index contributed by atoms with van der Waals surface area (Å²) in [7, 11) is 3.09. The summed E-state index contributed by atoms with van der Waals surface area (Å²) in [5, 5.41) is 5.99. The quantitative estimate of drug-likeness (QED) is 0.469. The van der Waals surface area contributed by atoms with Crippen LogP contribution in [0.4, 0.5) is 30.6 Å². The second-order valence-corrected chi connectivity index (χ2v) is 6.49. The molecule has 0 aliphatic carbocycles. The largest absolute Gasteiger partial charge is 0.497 e. The third kappa shape index (κ3) is 3.73. The molecule has 6 nitrogen and oxygen atoms in total. The van der Waals surface area contributed by atoms with Crippen LogP contribution in [0.5, 0.6) is 5.75 Å². The lowest BCUT2D eigenvalue weighted by Crippen LogP contribution is -2.06. The minimum atomic E-state index is -4.49. The van der Waals surface area contributed by atoms with Gasteiger partial charge in [0.25, 0.3) is 0 Å². The topological polar surface area (TPSA) is 64.0 Å². The number of rotatable bonds is 5. The number of methoxy groups -OCH3 is 1. The van der Waals surface area contributed by atoms with Gasteiger partial charge in [-0.3, -0.25) is 4.57 Å². The number of hydrogen-bond acceptors (Lipinski definition) is 5. The van der Waals surface area contributed by atoms with Crippen LogP contribution in [-0.2, 0) is 6.18 Å². The predicted octanol–water partition coefficient (Wildman–Crippen LogP) is 5.23. The zero-order valence-corrected chi connectivity index (χ0v) is 16.2. The molecular weight excluding hydrogens is 395 g/mol. The van der Waals surface area contributed by atoms with Crippen LogP contribution in [0, 0.1) is 0 Å². The van der Waals surface area contributed by atoms with Crippen molar-refractivity contribution in [2.75, 3.05) is 24.8 Å². The number of nitrogens with zero attached hydrogens (tertiary/aromatic N) is 3. The highest BCUT2D eigenvalue weighted by atomic mass is 19.4. The number of para-hydroxylation sites is 1. The van der Waals surface area contributed by atoms with Crippen molar-refractivity contribution in [3.63, 3.8) is 0 Å². The van der Waals surface area contributed by atoms with Gasteiger partial charge in [0.1, 0.15) is 17.1 Å². The first-order valence-electron chi connectivity index (χ1n) is 9.04. The highest BCUT2D eigenvalue weighted by Gasteiger charge is 2.31. The van der Waals surface area contributed by atoms with E-state index in [0.717, 1.165) is 23.3 Å². The lowest BCUT2D eigenvalue weighted by molar-refractivity contribution is -0.137. The first kappa shape index (κ1) is 19.6. The molecule has 30 heavy (non-hydrogen) atoms. The van der Waals surface area contributed by atoms with E-state index in [1.165, 1.54) is 13.2 Å². The number of benzene rings is 2. The lowest BCUT2D eigenvalue weighted by Gasteiger charge is -2.13. The minimum absolute atomic E-state index is 0.0974. The molecule has 2 heterocycles. The number of fused-ring (bicyclic) bond motifs is 1. The number of alkyl halides is 3. The molecule has 9 heteroatoms. The van der Waals surface area contributed by atoms with E-state index in [2.05, 4.69) is 20.6 Å². The fraction of sp³-hybridized carbons (Fsp3) is 0.143. The number of hydrogen-bond donors (Lipinski definition) is 2. The Labute approximate surface area is 170 Å². The number of anilines is 3. The van der Waals surface area contributed by atoms with Crippen molar-refractivity contribution in [2.24, 2.45) is 0 Å². The van der Waals surface area contributed by atoms with E-state index in [1.54, 1.807) is 19.3 Å². The molecule has 0 atom stereocenters. The van der Waals surface area contributed by atoms with E-state index in [-0.39, 0.29) is 11.4 Å². The molecule has 0 saturated heterocycles. The third-order valence-corrected chi connectivity index (χ3v) is 4.52. The van der Waals surface area contributed by atoms with E-state index >= 15 is 0 Å². The fourth-order valence-corrected chi connectivity index (χ4v) is 3.16. The molecule has 0 saturated carbocycles. The van der Waals surface area contributed by atoms with Gasteiger partial charge in [-0.1, -0.05) is 18.2 Å². The maximum absolute atomic E-state index is 13.2. The summed E-state index contributed by atoms with van der Waals surface area (Å²) in [5.74, 6) is 1.10. The summed E-state index contributed by atoms with van der Waals surface area (Å²) in [4.78, 5) is 8.82. The Morgan fingerprint density at radius 1 is 1.03 bits per heavy atom. The summed E-state index contributed by atoms with van der Waals surface area (Å²) in [6.45, 7) is 0. The van der Waals surface area contributed by atoms with Crippen LogP contribution in [0.15, 0.2) is 60.8 Å². The normalized spacial score (nSPS) is 11.5. The zero-order valence-electron chi connectivity index (χ0n) is 16.2. The van der Waals surface area contributed by atoms with E-state index in [0.29, 0.717) is 17.3 Å². The van der Waals surface area contributed by atoms with Crippen LogP contribution in [-0.4, -0.2) is 28.7 Å². The summed E-state index contributed by atoms with van der Waals surface area (Å²) >= 11 is 0. The molecule has 0 amide bonds. The number of halogens is 3. The molecule has 0 fully saturated rings. The van der Waals surface area contributed by atoms with Gasteiger partial charge < -0.3 is 15.4 Å². The Balaban J connectivity index is 1.78. The van der Waals surface area contributed by atoms with Crippen molar-refractivity contribution < 1.29 is 17.9 Å². The van der Waals surface area contributed by atoms with E-state index in [4.69, 9.17) is 4.74 Å². The van der Waals surface area contributed by atoms with Crippen molar-refractivity contribution in [1.82, 2.24) is 14.5 Å². The van der Waals surface area contributed by atoms with Crippen molar-refractivity contribution in [3.8, 4) is 11.4 Å². The van der Waals surface area contributed by atoms with Crippen LogP contribution in [0.3, 0.4) is 0 Å². The monoisotopic (exact) mass is 413 g/mol. The molecule has 0 aliphatic heterocycles. The van der Waals surface area contributed by atoms with Gasteiger partial charge in [-0.2, -0.15) is 13.2 Å². The Kier molecular flexibility index (Phi) is 4.94. The number of nitrogens with one attached hydrogen (secondary N) is 2. The lowest BCUT2D eigenvalue weighted by atomic mass is 10.1. The molecule has 4 aromatic rings. The smallest absolute Gasteiger partial charge is 0.416 e. The molecule has 0 bridgehead atoms. The Morgan fingerprint density at radius 2 is 1.80 bits per heavy atom. The number of ether oxygens (including phenoxy) is 1. The minimum Gasteiger partial charge on any atom is -0.497 e. The molecule has 2 aromatic heterocycles. The van der Waals surface area contributed by atoms with Gasteiger partial charge in [0, 0.05) is 30.6 Å². The standard InChI is InChI=1S/C21H18F3N5O/c1-25-20-28-17-12-26-19(11-18(17)29(20)15-6-4-3-5-7-15)27-14-8-13(21(22,23)24)9-16(10-14)30-2/h3-12H,1-2H3,(H,25,28)(H,26,27). The molecule has 0 radical (unpaired) electrons. The Morgan fingerprint density at radius 3 is 2.47 bits per heavy atom. The molecule has 0 unspecified atom stereocenters. The maximum atomic E-state index is 13.2. The summed E-state index contributed by atoms with van der Waals surface area (Å²) < 4.78 is 46.5. The van der Waals surface area contributed by atoms with Crippen LogP contribution >= 0.6 is 0 Å². The summed E-state index contributed by atoms with van der Waals surface area (Å²) in [6.07, 6.45) is -2.92. The maximum Gasteiger partial charge on any atom is 0.416 e. The average Bonchev–Trinajstić information content (AvgIpc) is 3.11. The molecule has 0 spiro atoms. The van der Waals surface area contributed by atoms with Crippen LogP contribution in [0.1, 0.15) is 5.56 Å². The number of imidazole rings is 1. The number of aromatic nitrogens is 3. The Bertz CT molecular complexity index is 1190. The van der Waals surface area contributed by atoms with Crippen LogP contribution < -0.4 is 15.4 Å². The van der Waals surface area contributed by atoms with Crippen LogP contribution in [0.25, 0.3) is 16.7 Å². The van der Waals surface area contributed by atoms with Gasteiger partial charge >= 0.3 is 6.18 Å². The number of pyridine rings is 1. The van der Waals surface area contributed by atoms with E-state index < -0.39 is 11.7 Å². The molecular formula is C21H18F3N5O. The average molecular weight is 413 g/mol. The zero-order chi connectivity index (χ0) is 21.3. The second kappa shape index (κ2) is 7.58. The highest BCUT2D eigenvalue weighted by Crippen LogP contribution is 2.35. The summed E-state index contributed by atoms with van der Waals surface area (Å²) in [6, 6.07) is 14.8. The molecule has 154 valence electrons. The highest BCUT2D eigenvalue weighted by molar-refractivity contribution is 5.83. The van der Waals surface area contributed by atoms with E-state index in [9.17, 15) is 13.2 Å². The first-order chi connectivity index (χ1) is 14.4. The van der Waals surface area contributed by atoms with Crippen molar-refractivity contribution in [3.05, 3.63) is 66.4 Å². The summed E-state index contributed by atoms with van der Waals surface area (Å²) in [5.41, 5.74) is 1.70. The first-order valence-corrected chi connectivity index (χ1v) is 9.04. The third-order valence-electron chi connectivity index (χ3n) is 4.52. The predicted molar refractivity (Wildman–Crippen MR) is 110 cm³/mol. The van der Waals surface area contributed by atoms with Gasteiger partial charge in [0.2, 0.25) is 5.95 Å². The van der Waals surface area contributed by atoms with Gasteiger partial charge in [-0.15, -0.1) is 0 Å². The van der Waals surface area contributed by atoms with Crippen molar-refractivity contribution >= 4 is 28.5 Å². The van der Waals surface area contributed by atoms with Crippen molar-refractivity contribution in [1.29, 1.82) is 0 Å². The van der Waals surface area contributed by atoms with Crippen LogP contribution in [0.2, 0.25) is 0 Å². The van der Waals surface area contributed by atoms with Gasteiger partial charge in [-0.25, -0.2) is 9.97 Å². The van der Waals surface area contributed by atoms with Gasteiger partial charge in [0.05, 0.1) is 24.4 Å². The van der Waals surface area contributed by atoms with Crippen molar-refractivity contribution in [2.45, 2.75) is 6.18 Å². The molecule has 0 aliphatic rings. The SMILES string of the molecule is CNc1nc2cnc(Nc3cc(OC)cc(C(F)(F)F)c3)cc2n1-c1ccccc1. The van der Waals surface area contributed by atoms with E-state index in [1.807, 2.05) is 34.9 Å². The molecule has 4 rings (SSSR count). The second-order valence-electron chi connectivity index (χ2n) is 6.49. The molecule has 2 N–H and O–H groups in total. The van der Waals surface area contributed by atoms with Gasteiger partial charge in [0.15, 0.2) is 0 Å².